The van der Waals surface area contributed by atoms with Gasteiger partial charge in [0.25, 0.3) is 0 Å². The normalized spacial score (nSPS) is 12.3. The van der Waals surface area contributed by atoms with Crippen LogP contribution in [0.25, 0.3) is 0 Å². The van der Waals surface area contributed by atoms with Crippen molar-refractivity contribution in [1.29, 1.82) is 0 Å². The van der Waals surface area contributed by atoms with Crippen molar-refractivity contribution in [3.05, 3.63) is 12.3 Å². The molecule has 0 aliphatic carbocycles. The van der Waals surface area contributed by atoms with Gasteiger partial charge in [0, 0.05) is 13.0 Å². The lowest BCUT2D eigenvalue weighted by Gasteiger charge is -2.23. The Labute approximate surface area is 76.9 Å². The summed E-state index contributed by atoms with van der Waals surface area (Å²) in [7, 11) is 6.67. The van der Waals surface area contributed by atoms with Gasteiger partial charge in [-0.05, 0) is 12.6 Å². The molecule has 0 bridgehead atoms. The molecule has 0 saturated carbocycles. The summed E-state index contributed by atoms with van der Waals surface area (Å²) in [5, 5.41) is 3.27. The van der Waals surface area contributed by atoms with Gasteiger partial charge in [0.1, 0.15) is 0 Å². The number of hydrogen-bond donors (Lipinski definition) is 1. The molecule has 0 radical (unpaired) electrons. The maximum Gasteiger partial charge on any atom is 0.0797 e. The fraction of sp³-hybridized carbons (Fsp3) is 0.800. The lowest BCUT2D eigenvalue weighted by molar-refractivity contribution is -0.870. The van der Waals surface area contributed by atoms with E-state index in [-0.39, 0.29) is 0 Å². The van der Waals surface area contributed by atoms with Crippen LogP contribution in [0.4, 0.5) is 0 Å². The summed E-state index contributed by atoms with van der Waals surface area (Å²) in [5.41, 5.74) is 0. The van der Waals surface area contributed by atoms with Crippen molar-refractivity contribution >= 4 is 0 Å². The van der Waals surface area contributed by atoms with Gasteiger partial charge >= 0.3 is 0 Å². The Kier molecular flexibility index (Phi) is 5.81. The Balaban J connectivity index is 3.17. The first-order valence-corrected chi connectivity index (χ1v) is 4.75. The minimum atomic E-state index is 1.05. The molecule has 0 aromatic rings. The third-order valence-electron chi connectivity index (χ3n) is 1.62. The third kappa shape index (κ3) is 9.50. The molecule has 12 heavy (non-hydrogen) atoms. The van der Waals surface area contributed by atoms with Crippen LogP contribution in [-0.2, 0) is 0 Å². The molecule has 0 aliphatic heterocycles. The summed E-state index contributed by atoms with van der Waals surface area (Å²) in [6.45, 7) is 4.46. The van der Waals surface area contributed by atoms with Crippen molar-refractivity contribution in [3.63, 3.8) is 0 Å². The number of allylic oxidation sites excluding steroid dienone is 1. The average molecular weight is 171 g/mol. The van der Waals surface area contributed by atoms with E-state index < -0.39 is 0 Å². The Morgan fingerprint density at radius 2 is 1.92 bits per heavy atom. The molecule has 0 spiro atoms. The second kappa shape index (κ2) is 6.06. The zero-order valence-electron chi connectivity index (χ0n) is 8.93. The molecule has 0 amide bonds. The standard InChI is InChI=1S/C10H23N2/c1-5-6-8-11-9-7-10-12(2,3)4/h6,8,11H,5,7,9-10H2,1-4H3/q+1. The number of rotatable bonds is 6. The van der Waals surface area contributed by atoms with Gasteiger partial charge in [-0.15, -0.1) is 0 Å². The van der Waals surface area contributed by atoms with E-state index in [0.29, 0.717) is 0 Å². The van der Waals surface area contributed by atoms with Crippen LogP contribution in [0.15, 0.2) is 12.3 Å². The van der Waals surface area contributed by atoms with Gasteiger partial charge in [0.2, 0.25) is 0 Å². The molecule has 0 aliphatic rings. The summed E-state index contributed by atoms with van der Waals surface area (Å²) < 4.78 is 1.05. The van der Waals surface area contributed by atoms with Crippen molar-refractivity contribution in [3.8, 4) is 0 Å². The van der Waals surface area contributed by atoms with E-state index in [1.54, 1.807) is 0 Å². The molecule has 0 saturated heterocycles. The van der Waals surface area contributed by atoms with E-state index in [9.17, 15) is 0 Å². The maximum atomic E-state index is 3.27. The molecular formula is C10H23N2+. The van der Waals surface area contributed by atoms with Gasteiger partial charge in [-0.1, -0.05) is 13.0 Å². The first kappa shape index (κ1) is 11.5. The molecule has 72 valence electrons. The number of nitrogens with one attached hydrogen (secondary N) is 1. The van der Waals surface area contributed by atoms with Crippen LogP contribution in [0.5, 0.6) is 0 Å². The maximum absolute atomic E-state index is 3.27. The molecule has 0 aromatic heterocycles. The molecule has 0 atom stereocenters. The Hall–Kier alpha value is -0.500. The summed E-state index contributed by atoms with van der Waals surface area (Å²) in [4.78, 5) is 0. The zero-order valence-corrected chi connectivity index (χ0v) is 8.93. The van der Waals surface area contributed by atoms with Gasteiger partial charge in [-0.3, -0.25) is 0 Å². The van der Waals surface area contributed by atoms with Gasteiger partial charge in [-0.25, -0.2) is 0 Å². The van der Waals surface area contributed by atoms with Crippen LogP contribution in [0.3, 0.4) is 0 Å². The highest BCUT2D eigenvalue weighted by atomic mass is 15.3. The monoisotopic (exact) mass is 171 g/mol. The second-order valence-corrected chi connectivity index (χ2v) is 4.13. The van der Waals surface area contributed by atoms with Crippen molar-refractivity contribution < 1.29 is 4.48 Å². The smallest absolute Gasteiger partial charge is 0.0797 e. The van der Waals surface area contributed by atoms with Crippen molar-refractivity contribution in [2.45, 2.75) is 19.8 Å². The van der Waals surface area contributed by atoms with E-state index in [4.69, 9.17) is 0 Å². The largest absolute Gasteiger partial charge is 0.391 e. The summed E-state index contributed by atoms with van der Waals surface area (Å²) in [5.74, 6) is 0. The van der Waals surface area contributed by atoms with Crippen LogP contribution in [0, 0.1) is 0 Å². The second-order valence-electron chi connectivity index (χ2n) is 4.13. The number of hydrogen-bond acceptors (Lipinski definition) is 1. The van der Waals surface area contributed by atoms with E-state index in [2.05, 4.69) is 45.7 Å². The topological polar surface area (TPSA) is 12.0 Å². The van der Waals surface area contributed by atoms with Crippen molar-refractivity contribution in [1.82, 2.24) is 5.32 Å². The molecule has 0 heterocycles. The number of nitrogens with zero attached hydrogens (tertiary/aromatic N) is 1. The molecule has 0 unspecified atom stereocenters. The van der Waals surface area contributed by atoms with Gasteiger partial charge < -0.3 is 9.80 Å². The van der Waals surface area contributed by atoms with E-state index in [1.807, 2.05) is 0 Å². The molecule has 0 rings (SSSR count). The fourth-order valence-corrected chi connectivity index (χ4v) is 0.940. The molecule has 2 nitrogen and oxygen atoms in total. The molecule has 2 heteroatoms. The molecule has 1 N–H and O–H groups in total. The van der Waals surface area contributed by atoms with E-state index in [0.717, 1.165) is 17.4 Å². The molecular weight excluding hydrogens is 148 g/mol. The SMILES string of the molecule is CCC=CNCCC[N+](C)(C)C. The first-order valence-electron chi connectivity index (χ1n) is 4.75. The predicted molar refractivity (Wildman–Crippen MR) is 55.0 cm³/mol. The highest BCUT2D eigenvalue weighted by Crippen LogP contribution is 1.91. The average Bonchev–Trinajstić information content (AvgIpc) is 1.94. The Morgan fingerprint density at radius 1 is 1.25 bits per heavy atom. The highest BCUT2D eigenvalue weighted by Gasteiger charge is 2.04. The Bertz CT molecular complexity index is 122. The first-order chi connectivity index (χ1) is 5.56. The minimum absolute atomic E-state index is 1.05. The molecule has 0 aromatic carbocycles. The van der Waals surface area contributed by atoms with Crippen molar-refractivity contribution in [2.24, 2.45) is 0 Å². The van der Waals surface area contributed by atoms with Crippen LogP contribution in [0.2, 0.25) is 0 Å². The van der Waals surface area contributed by atoms with Gasteiger partial charge in [0.15, 0.2) is 0 Å². The predicted octanol–water partition coefficient (Wildman–Crippen LogP) is 1.60. The van der Waals surface area contributed by atoms with E-state index >= 15 is 0 Å². The summed E-state index contributed by atoms with van der Waals surface area (Å²) in [6.07, 6.45) is 6.54. The lowest BCUT2D eigenvalue weighted by Crippen LogP contribution is -2.36. The van der Waals surface area contributed by atoms with Gasteiger partial charge in [-0.2, -0.15) is 0 Å². The minimum Gasteiger partial charge on any atom is -0.391 e. The van der Waals surface area contributed by atoms with Crippen LogP contribution in [0.1, 0.15) is 19.8 Å². The molecule has 0 fully saturated rings. The highest BCUT2D eigenvalue weighted by molar-refractivity contribution is 4.77. The third-order valence-corrected chi connectivity index (χ3v) is 1.62. The summed E-state index contributed by atoms with van der Waals surface area (Å²) >= 11 is 0. The number of quaternary nitrogens is 1. The van der Waals surface area contributed by atoms with Crippen molar-refractivity contribution in [2.75, 3.05) is 34.2 Å². The Morgan fingerprint density at radius 3 is 2.42 bits per heavy atom. The lowest BCUT2D eigenvalue weighted by atomic mass is 10.3. The quantitative estimate of drug-likeness (QED) is 0.473. The zero-order chi connectivity index (χ0) is 9.45. The van der Waals surface area contributed by atoms with Gasteiger partial charge in [0.05, 0.1) is 27.7 Å². The van der Waals surface area contributed by atoms with Crippen LogP contribution in [-0.4, -0.2) is 38.7 Å². The van der Waals surface area contributed by atoms with Crippen LogP contribution < -0.4 is 5.32 Å². The van der Waals surface area contributed by atoms with E-state index in [1.165, 1.54) is 13.0 Å². The van der Waals surface area contributed by atoms with Crippen LogP contribution >= 0.6 is 0 Å². The summed E-state index contributed by atoms with van der Waals surface area (Å²) in [6, 6.07) is 0. The fourth-order valence-electron chi connectivity index (χ4n) is 0.940.